The topological polar surface area (TPSA) is 102 Å². The van der Waals surface area contributed by atoms with Gasteiger partial charge in [-0.25, -0.2) is 18.7 Å². The Hall–Kier alpha value is -3.98. The molecule has 0 spiro atoms. The summed E-state index contributed by atoms with van der Waals surface area (Å²) in [4.78, 5) is 35.9. The SMILES string of the molecule is NC(=O)c1ccc(F)c(C(=O)c2c[nH]c3ncc(-c4ccc5ncsc5c4)cc23)c1F. The van der Waals surface area contributed by atoms with Crippen LogP contribution >= 0.6 is 11.3 Å². The van der Waals surface area contributed by atoms with Crippen molar-refractivity contribution < 1.29 is 18.4 Å². The summed E-state index contributed by atoms with van der Waals surface area (Å²) in [7, 11) is 0. The maximum absolute atomic E-state index is 14.7. The summed E-state index contributed by atoms with van der Waals surface area (Å²) in [5.74, 6) is -4.37. The number of benzene rings is 2. The van der Waals surface area contributed by atoms with Crippen LogP contribution in [-0.2, 0) is 0 Å². The van der Waals surface area contributed by atoms with Gasteiger partial charge in [-0.2, -0.15) is 0 Å². The molecule has 5 aromatic rings. The molecule has 0 aliphatic heterocycles. The minimum Gasteiger partial charge on any atom is -0.366 e. The summed E-state index contributed by atoms with van der Waals surface area (Å²) in [5, 5.41) is 0.398. The smallest absolute Gasteiger partial charge is 0.251 e. The summed E-state index contributed by atoms with van der Waals surface area (Å²) in [6, 6.07) is 9.21. The molecular weight excluding hydrogens is 422 g/mol. The van der Waals surface area contributed by atoms with Gasteiger partial charge < -0.3 is 10.7 Å². The fraction of sp³-hybridized carbons (Fsp3) is 0. The number of halogens is 2. The average molecular weight is 434 g/mol. The lowest BCUT2D eigenvalue weighted by Gasteiger charge is -2.07. The number of ketones is 1. The molecule has 6 nitrogen and oxygen atoms in total. The van der Waals surface area contributed by atoms with Crippen LogP contribution in [0.1, 0.15) is 26.3 Å². The van der Waals surface area contributed by atoms with Crippen molar-refractivity contribution in [1.29, 1.82) is 0 Å². The molecule has 0 saturated carbocycles. The van der Waals surface area contributed by atoms with E-state index in [2.05, 4.69) is 15.0 Å². The highest BCUT2D eigenvalue weighted by atomic mass is 32.1. The summed E-state index contributed by atoms with van der Waals surface area (Å²) in [6.07, 6.45) is 2.98. The third-order valence-corrected chi connectivity index (χ3v) is 5.82. The molecule has 0 aliphatic rings. The van der Waals surface area contributed by atoms with Gasteiger partial charge in [-0.1, -0.05) is 6.07 Å². The molecule has 0 saturated heterocycles. The van der Waals surface area contributed by atoms with Crippen LogP contribution in [0.2, 0.25) is 0 Å². The molecule has 0 unspecified atom stereocenters. The fourth-order valence-corrected chi connectivity index (χ4v) is 4.19. The van der Waals surface area contributed by atoms with Crippen LogP contribution in [0, 0.1) is 11.6 Å². The Balaban J connectivity index is 1.64. The Morgan fingerprint density at radius 1 is 1.00 bits per heavy atom. The number of nitrogens with one attached hydrogen (secondary N) is 1. The Morgan fingerprint density at radius 2 is 1.84 bits per heavy atom. The second-order valence-corrected chi connectivity index (χ2v) is 7.72. The molecule has 31 heavy (non-hydrogen) atoms. The van der Waals surface area contributed by atoms with Gasteiger partial charge in [0.05, 0.1) is 26.9 Å². The first-order valence-corrected chi connectivity index (χ1v) is 9.95. The molecule has 5 rings (SSSR count). The molecule has 9 heteroatoms. The number of pyridine rings is 1. The third kappa shape index (κ3) is 3.06. The normalized spacial score (nSPS) is 11.3. The van der Waals surface area contributed by atoms with E-state index < -0.39 is 34.5 Å². The number of fused-ring (bicyclic) bond motifs is 2. The molecule has 152 valence electrons. The van der Waals surface area contributed by atoms with Crippen molar-refractivity contribution in [3.8, 4) is 11.1 Å². The fourth-order valence-electron chi connectivity index (χ4n) is 3.47. The molecule has 3 aromatic heterocycles. The highest BCUT2D eigenvalue weighted by Crippen LogP contribution is 2.30. The molecule has 0 aliphatic carbocycles. The summed E-state index contributed by atoms with van der Waals surface area (Å²) in [5.41, 5.74) is 8.36. The zero-order chi connectivity index (χ0) is 21.7. The van der Waals surface area contributed by atoms with Gasteiger partial charge in [0.1, 0.15) is 17.3 Å². The van der Waals surface area contributed by atoms with Gasteiger partial charge in [0, 0.05) is 28.9 Å². The number of primary amides is 1. The standard InChI is InChI=1S/C22H12F2N4O2S/c23-15-3-2-12(21(25)30)19(24)18(15)20(29)14-8-27-22-13(14)5-11(7-26-22)10-1-4-16-17(6-10)31-9-28-16/h1-9H,(H2,25,30)(H,26,27). The lowest BCUT2D eigenvalue weighted by molar-refractivity contribution is 0.0996. The Labute approximate surface area is 177 Å². The number of aromatic amines is 1. The van der Waals surface area contributed by atoms with E-state index in [4.69, 9.17) is 5.73 Å². The van der Waals surface area contributed by atoms with E-state index >= 15 is 0 Å². The van der Waals surface area contributed by atoms with Crippen molar-refractivity contribution in [3.05, 3.63) is 82.6 Å². The van der Waals surface area contributed by atoms with E-state index in [0.29, 0.717) is 11.0 Å². The van der Waals surface area contributed by atoms with Gasteiger partial charge in [-0.05, 0) is 35.9 Å². The van der Waals surface area contributed by atoms with Crippen LogP contribution in [-0.4, -0.2) is 26.6 Å². The van der Waals surface area contributed by atoms with Gasteiger partial charge in [0.25, 0.3) is 5.91 Å². The highest BCUT2D eigenvalue weighted by Gasteiger charge is 2.25. The van der Waals surface area contributed by atoms with E-state index in [0.717, 1.165) is 33.5 Å². The number of hydrogen-bond donors (Lipinski definition) is 2. The van der Waals surface area contributed by atoms with Crippen molar-refractivity contribution in [1.82, 2.24) is 15.0 Å². The number of thiazole rings is 1. The zero-order valence-corrected chi connectivity index (χ0v) is 16.5. The van der Waals surface area contributed by atoms with Crippen LogP contribution in [0.4, 0.5) is 8.78 Å². The number of carbonyl (C=O) groups is 2. The first-order chi connectivity index (χ1) is 14.9. The van der Waals surface area contributed by atoms with Crippen LogP contribution in [0.5, 0.6) is 0 Å². The second-order valence-electron chi connectivity index (χ2n) is 6.83. The largest absolute Gasteiger partial charge is 0.366 e. The van der Waals surface area contributed by atoms with E-state index in [1.807, 2.05) is 18.2 Å². The molecule has 0 bridgehead atoms. The summed E-state index contributed by atoms with van der Waals surface area (Å²) >= 11 is 1.50. The number of nitrogens with two attached hydrogens (primary N) is 1. The molecule has 3 heterocycles. The first-order valence-electron chi connectivity index (χ1n) is 9.07. The van der Waals surface area contributed by atoms with E-state index in [9.17, 15) is 18.4 Å². The number of amides is 1. The van der Waals surface area contributed by atoms with Gasteiger partial charge in [-0.3, -0.25) is 9.59 Å². The van der Waals surface area contributed by atoms with Gasteiger partial charge in [0.2, 0.25) is 5.78 Å². The quantitative estimate of drug-likeness (QED) is 0.408. The van der Waals surface area contributed by atoms with Gasteiger partial charge >= 0.3 is 0 Å². The minimum atomic E-state index is -1.29. The van der Waals surface area contributed by atoms with E-state index in [1.54, 1.807) is 17.8 Å². The average Bonchev–Trinajstić information content (AvgIpc) is 3.39. The maximum atomic E-state index is 14.7. The number of aromatic nitrogens is 3. The number of nitrogens with zero attached hydrogens (tertiary/aromatic N) is 2. The second kappa shape index (κ2) is 7.06. The van der Waals surface area contributed by atoms with Crippen molar-refractivity contribution in [2.24, 2.45) is 5.73 Å². The summed E-state index contributed by atoms with van der Waals surface area (Å²) < 4.78 is 30.0. The molecule has 1 amide bonds. The van der Waals surface area contributed by atoms with Gasteiger partial charge in [0.15, 0.2) is 0 Å². The van der Waals surface area contributed by atoms with Gasteiger partial charge in [-0.15, -0.1) is 11.3 Å². The Morgan fingerprint density at radius 3 is 2.65 bits per heavy atom. The van der Waals surface area contributed by atoms with Crippen molar-refractivity contribution >= 4 is 44.3 Å². The van der Waals surface area contributed by atoms with Crippen molar-refractivity contribution in [2.75, 3.05) is 0 Å². The predicted octanol–water partition coefficient (Wildman–Crippen LogP) is 4.45. The lowest BCUT2D eigenvalue weighted by Crippen LogP contribution is -2.17. The van der Waals surface area contributed by atoms with Crippen LogP contribution in [0.25, 0.3) is 32.4 Å². The first kappa shape index (κ1) is 19.0. The number of rotatable bonds is 4. The van der Waals surface area contributed by atoms with Crippen LogP contribution < -0.4 is 5.73 Å². The predicted molar refractivity (Wildman–Crippen MR) is 113 cm³/mol. The Kier molecular flexibility index (Phi) is 4.33. The lowest BCUT2D eigenvalue weighted by atomic mass is 9.98. The number of carbonyl (C=O) groups excluding carboxylic acids is 2. The van der Waals surface area contributed by atoms with Crippen molar-refractivity contribution in [2.45, 2.75) is 0 Å². The molecular formula is C22H12F2N4O2S. The minimum absolute atomic E-state index is 0.0302. The number of hydrogen-bond acceptors (Lipinski definition) is 5. The number of H-pyrrole nitrogens is 1. The highest BCUT2D eigenvalue weighted by molar-refractivity contribution is 7.16. The molecule has 0 atom stereocenters. The molecule has 3 N–H and O–H groups in total. The molecule has 0 fully saturated rings. The van der Waals surface area contributed by atoms with Crippen molar-refractivity contribution in [3.63, 3.8) is 0 Å². The van der Waals surface area contributed by atoms with Crippen LogP contribution in [0.3, 0.4) is 0 Å². The van der Waals surface area contributed by atoms with Crippen LogP contribution in [0.15, 0.2) is 54.3 Å². The van der Waals surface area contributed by atoms with E-state index in [1.165, 1.54) is 17.5 Å². The third-order valence-electron chi connectivity index (χ3n) is 5.02. The monoisotopic (exact) mass is 434 g/mol. The Bertz CT molecular complexity index is 1520. The summed E-state index contributed by atoms with van der Waals surface area (Å²) in [6.45, 7) is 0. The zero-order valence-electron chi connectivity index (χ0n) is 15.6. The van der Waals surface area contributed by atoms with E-state index in [-0.39, 0.29) is 5.56 Å². The molecule has 0 radical (unpaired) electrons. The molecule has 2 aromatic carbocycles. The maximum Gasteiger partial charge on any atom is 0.251 e.